The average molecular weight is 245 g/mol. The number of aromatic nitrogens is 3. The summed E-state index contributed by atoms with van der Waals surface area (Å²) in [5.41, 5.74) is 1.89. The minimum Gasteiger partial charge on any atom is -0.341 e. The second kappa shape index (κ2) is 7.14. The molecule has 1 N–H and O–H groups in total. The Bertz CT molecular complexity index is 428. The summed E-state index contributed by atoms with van der Waals surface area (Å²) in [6.07, 6.45) is 12.2. The van der Waals surface area contributed by atoms with E-state index in [2.05, 4.69) is 21.9 Å². The molecule has 3 heteroatoms. The van der Waals surface area contributed by atoms with Gasteiger partial charge in [-0.1, -0.05) is 45.4 Å². The molecule has 2 rings (SSSR count). The summed E-state index contributed by atoms with van der Waals surface area (Å²) in [5, 5.41) is 0. The van der Waals surface area contributed by atoms with E-state index in [1.165, 1.54) is 44.9 Å². The first kappa shape index (κ1) is 13.1. The molecule has 0 aliphatic heterocycles. The normalized spacial score (nSPS) is 11.2. The van der Waals surface area contributed by atoms with Crippen LogP contribution in [-0.4, -0.2) is 15.0 Å². The highest BCUT2D eigenvalue weighted by molar-refractivity contribution is 5.69. The molecule has 2 aromatic rings. The third-order valence-electron chi connectivity index (χ3n) is 3.32. The molecule has 0 aliphatic rings. The van der Waals surface area contributed by atoms with Crippen LogP contribution in [0.3, 0.4) is 0 Å². The van der Waals surface area contributed by atoms with Crippen LogP contribution in [0.25, 0.3) is 11.2 Å². The van der Waals surface area contributed by atoms with E-state index in [9.17, 15) is 0 Å². The molecule has 0 unspecified atom stereocenters. The Balaban J connectivity index is 1.67. The van der Waals surface area contributed by atoms with Gasteiger partial charge in [0.05, 0.1) is 5.52 Å². The second-order valence-corrected chi connectivity index (χ2v) is 4.93. The quantitative estimate of drug-likeness (QED) is 0.706. The largest absolute Gasteiger partial charge is 0.341 e. The summed E-state index contributed by atoms with van der Waals surface area (Å²) >= 11 is 0. The number of nitrogens with zero attached hydrogens (tertiary/aromatic N) is 2. The number of aromatic amines is 1. The summed E-state index contributed by atoms with van der Waals surface area (Å²) in [4.78, 5) is 12.1. The molecule has 0 saturated heterocycles. The summed E-state index contributed by atoms with van der Waals surface area (Å²) in [5.74, 6) is 1.08. The van der Waals surface area contributed by atoms with Gasteiger partial charge in [-0.05, 0) is 18.6 Å². The first-order chi connectivity index (χ1) is 8.90. The van der Waals surface area contributed by atoms with Crippen LogP contribution < -0.4 is 0 Å². The molecule has 18 heavy (non-hydrogen) atoms. The number of aryl methyl sites for hydroxylation is 1. The van der Waals surface area contributed by atoms with Gasteiger partial charge in [-0.25, -0.2) is 9.97 Å². The fourth-order valence-electron chi connectivity index (χ4n) is 2.26. The molecule has 0 fully saturated rings. The third kappa shape index (κ3) is 3.83. The zero-order valence-corrected chi connectivity index (χ0v) is 11.3. The van der Waals surface area contributed by atoms with Crippen molar-refractivity contribution in [3.63, 3.8) is 0 Å². The standard InChI is InChI=1S/C15H23N3/c1-2-3-4-5-6-7-8-11-14-17-13-10-9-12-16-15(13)18-14/h9-10,12H,2-8,11H2,1H3,(H,16,17,18). The number of rotatable bonds is 8. The average Bonchev–Trinajstić information content (AvgIpc) is 2.80. The minimum absolute atomic E-state index is 0.843. The lowest BCUT2D eigenvalue weighted by Gasteiger charge is -1.99. The maximum atomic E-state index is 4.49. The van der Waals surface area contributed by atoms with Crippen LogP contribution >= 0.6 is 0 Å². The number of hydrogen-bond donors (Lipinski definition) is 1. The van der Waals surface area contributed by atoms with Gasteiger partial charge in [0.15, 0.2) is 5.65 Å². The Morgan fingerprint density at radius 3 is 2.61 bits per heavy atom. The minimum atomic E-state index is 0.843. The fourth-order valence-corrected chi connectivity index (χ4v) is 2.26. The Morgan fingerprint density at radius 1 is 1.06 bits per heavy atom. The van der Waals surface area contributed by atoms with Gasteiger partial charge in [0.25, 0.3) is 0 Å². The van der Waals surface area contributed by atoms with Crippen LogP contribution in [0, 0.1) is 0 Å². The lowest BCUT2D eigenvalue weighted by atomic mass is 10.1. The SMILES string of the molecule is CCCCCCCCCc1nc2ncccc2[nH]1. The highest BCUT2D eigenvalue weighted by atomic mass is 15.0. The van der Waals surface area contributed by atoms with Crippen molar-refractivity contribution < 1.29 is 0 Å². The molecule has 3 nitrogen and oxygen atoms in total. The molecule has 0 atom stereocenters. The van der Waals surface area contributed by atoms with Crippen molar-refractivity contribution in [3.8, 4) is 0 Å². The lowest BCUT2D eigenvalue weighted by Crippen LogP contribution is -1.88. The molecular formula is C15H23N3. The van der Waals surface area contributed by atoms with Crippen LogP contribution in [0.15, 0.2) is 18.3 Å². The predicted molar refractivity (Wildman–Crippen MR) is 75.6 cm³/mol. The van der Waals surface area contributed by atoms with Crippen molar-refractivity contribution in [2.24, 2.45) is 0 Å². The van der Waals surface area contributed by atoms with Gasteiger partial charge in [-0.3, -0.25) is 0 Å². The van der Waals surface area contributed by atoms with Crippen molar-refractivity contribution in [3.05, 3.63) is 24.2 Å². The molecule has 2 aromatic heterocycles. The van der Waals surface area contributed by atoms with Crippen molar-refractivity contribution in [1.82, 2.24) is 15.0 Å². The van der Waals surface area contributed by atoms with Gasteiger partial charge in [0, 0.05) is 12.6 Å². The summed E-state index contributed by atoms with van der Waals surface area (Å²) in [7, 11) is 0. The third-order valence-corrected chi connectivity index (χ3v) is 3.32. The van der Waals surface area contributed by atoms with Crippen molar-refractivity contribution in [2.45, 2.75) is 58.3 Å². The Morgan fingerprint density at radius 2 is 1.83 bits per heavy atom. The van der Waals surface area contributed by atoms with Crippen molar-refractivity contribution in [2.75, 3.05) is 0 Å². The lowest BCUT2D eigenvalue weighted by molar-refractivity contribution is 0.585. The predicted octanol–water partition coefficient (Wildman–Crippen LogP) is 4.25. The molecule has 0 amide bonds. The summed E-state index contributed by atoms with van der Waals surface area (Å²) < 4.78 is 0. The molecule has 2 heterocycles. The molecule has 0 saturated carbocycles. The number of hydrogen-bond acceptors (Lipinski definition) is 2. The zero-order valence-electron chi connectivity index (χ0n) is 11.3. The van der Waals surface area contributed by atoms with Gasteiger partial charge in [0.2, 0.25) is 0 Å². The number of fused-ring (bicyclic) bond motifs is 1. The summed E-state index contributed by atoms with van der Waals surface area (Å²) in [6.45, 7) is 2.26. The molecular weight excluding hydrogens is 222 g/mol. The van der Waals surface area contributed by atoms with Gasteiger partial charge in [0.1, 0.15) is 5.82 Å². The zero-order chi connectivity index (χ0) is 12.6. The summed E-state index contributed by atoms with van der Waals surface area (Å²) in [6, 6.07) is 3.97. The molecule has 0 radical (unpaired) electrons. The number of H-pyrrole nitrogens is 1. The van der Waals surface area contributed by atoms with Crippen molar-refractivity contribution in [1.29, 1.82) is 0 Å². The van der Waals surface area contributed by atoms with Gasteiger partial charge < -0.3 is 4.98 Å². The van der Waals surface area contributed by atoms with Crippen molar-refractivity contribution >= 4 is 11.2 Å². The van der Waals surface area contributed by atoms with E-state index in [0.29, 0.717) is 0 Å². The van der Waals surface area contributed by atoms with E-state index in [1.807, 2.05) is 12.1 Å². The number of pyridine rings is 1. The van der Waals surface area contributed by atoms with Gasteiger partial charge in [-0.15, -0.1) is 0 Å². The monoisotopic (exact) mass is 245 g/mol. The van der Waals surface area contributed by atoms with Crippen LogP contribution in [0.1, 0.15) is 57.7 Å². The van der Waals surface area contributed by atoms with E-state index in [4.69, 9.17) is 0 Å². The number of nitrogens with one attached hydrogen (secondary N) is 1. The smallest absolute Gasteiger partial charge is 0.177 e. The molecule has 0 bridgehead atoms. The fraction of sp³-hybridized carbons (Fsp3) is 0.600. The Kier molecular flexibility index (Phi) is 5.18. The molecule has 0 aliphatic carbocycles. The molecule has 98 valence electrons. The first-order valence-corrected chi connectivity index (χ1v) is 7.20. The first-order valence-electron chi connectivity index (χ1n) is 7.20. The topological polar surface area (TPSA) is 41.6 Å². The van der Waals surface area contributed by atoms with E-state index in [1.54, 1.807) is 6.20 Å². The maximum absolute atomic E-state index is 4.49. The van der Waals surface area contributed by atoms with Gasteiger partial charge in [-0.2, -0.15) is 0 Å². The Hall–Kier alpha value is -1.38. The van der Waals surface area contributed by atoms with E-state index < -0.39 is 0 Å². The van der Waals surface area contributed by atoms with Gasteiger partial charge >= 0.3 is 0 Å². The van der Waals surface area contributed by atoms with Crippen LogP contribution in [-0.2, 0) is 6.42 Å². The Labute approximate surface area is 109 Å². The van der Waals surface area contributed by atoms with E-state index in [0.717, 1.165) is 23.4 Å². The van der Waals surface area contributed by atoms with Crippen LogP contribution in [0.5, 0.6) is 0 Å². The van der Waals surface area contributed by atoms with Crippen LogP contribution in [0.4, 0.5) is 0 Å². The number of imidazole rings is 1. The highest BCUT2D eigenvalue weighted by Gasteiger charge is 2.02. The molecule has 0 spiro atoms. The number of unbranched alkanes of at least 4 members (excludes halogenated alkanes) is 6. The second-order valence-electron chi connectivity index (χ2n) is 4.93. The highest BCUT2D eigenvalue weighted by Crippen LogP contribution is 2.12. The van der Waals surface area contributed by atoms with E-state index in [-0.39, 0.29) is 0 Å². The molecule has 0 aromatic carbocycles. The van der Waals surface area contributed by atoms with Crippen LogP contribution in [0.2, 0.25) is 0 Å². The van der Waals surface area contributed by atoms with E-state index >= 15 is 0 Å². The maximum Gasteiger partial charge on any atom is 0.177 e.